The number of hydrogen-bond donors (Lipinski definition) is 2. The second kappa shape index (κ2) is 7.11. The molecule has 0 aliphatic heterocycles. The number of carboxylic acids is 1. The Morgan fingerprint density at radius 2 is 1.95 bits per heavy atom. The van der Waals surface area contributed by atoms with E-state index in [-0.39, 0.29) is 6.42 Å². The van der Waals surface area contributed by atoms with Crippen LogP contribution in [0.15, 0.2) is 18.2 Å². The molecule has 5 heteroatoms. The Bertz CT molecular complexity index is 517. The zero-order chi connectivity index (χ0) is 16.0. The second-order valence-electron chi connectivity index (χ2n) is 6.03. The summed E-state index contributed by atoms with van der Waals surface area (Å²) in [6.45, 7) is 7.34. The van der Waals surface area contributed by atoms with Crippen molar-refractivity contribution in [2.75, 3.05) is 5.32 Å². The van der Waals surface area contributed by atoms with Gasteiger partial charge >= 0.3 is 12.1 Å². The fourth-order valence-corrected chi connectivity index (χ4v) is 1.87. The van der Waals surface area contributed by atoms with Gasteiger partial charge in [-0.2, -0.15) is 0 Å². The molecule has 0 aliphatic carbocycles. The van der Waals surface area contributed by atoms with Gasteiger partial charge < -0.3 is 9.84 Å². The molecule has 0 radical (unpaired) electrons. The largest absolute Gasteiger partial charge is 0.481 e. The molecule has 0 fully saturated rings. The highest BCUT2D eigenvalue weighted by Gasteiger charge is 2.17. The van der Waals surface area contributed by atoms with E-state index in [1.165, 1.54) is 0 Å². The number of carbonyl (C=O) groups is 2. The van der Waals surface area contributed by atoms with Gasteiger partial charge in [0.15, 0.2) is 0 Å². The Kier molecular flexibility index (Phi) is 5.76. The van der Waals surface area contributed by atoms with E-state index in [0.717, 1.165) is 11.1 Å². The fourth-order valence-electron chi connectivity index (χ4n) is 1.87. The first-order chi connectivity index (χ1) is 9.67. The van der Waals surface area contributed by atoms with Crippen LogP contribution >= 0.6 is 0 Å². The summed E-state index contributed by atoms with van der Waals surface area (Å²) in [6.07, 6.45) is 0.728. The lowest BCUT2D eigenvalue weighted by Crippen LogP contribution is -2.27. The first-order valence-corrected chi connectivity index (χ1v) is 6.99. The summed E-state index contributed by atoms with van der Waals surface area (Å²) in [7, 11) is 0. The van der Waals surface area contributed by atoms with Crippen molar-refractivity contribution in [3.63, 3.8) is 0 Å². The van der Waals surface area contributed by atoms with Crippen molar-refractivity contribution in [1.82, 2.24) is 0 Å². The number of aliphatic carboxylic acids is 1. The molecular formula is C16H23NO4. The summed E-state index contributed by atoms with van der Waals surface area (Å²) in [5.41, 5.74) is 2.04. The smallest absolute Gasteiger partial charge is 0.412 e. The zero-order valence-electron chi connectivity index (χ0n) is 13.0. The number of aryl methyl sites for hydroxylation is 2. The molecule has 0 aliphatic rings. The molecule has 21 heavy (non-hydrogen) atoms. The van der Waals surface area contributed by atoms with Gasteiger partial charge in [-0.1, -0.05) is 12.1 Å². The molecule has 1 aromatic rings. The molecule has 0 saturated carbocycles. The summed E-state index contributed by atoms with van der Waals surface area (Å²) in [6, 6.07) is 5.71. The predicted molar refractivity (Wildman–Crippen MR) is 81.6 cm³/mol. The average Bonchev–Trinajstić information content (AvgIpc) is 2.29. The quantitative estimate of drug-likeness (QED) is 0.867. The summed E-state index contributed by atoms with van der Waals surface area (Å²) >= 11 is 0. The van der Waals surface area contributed by atoms with Crippen LogP contribution in [0.1, 0.15) is 44.7 Å². The number of carboxylic acid groups (broad SMARTS) is 1. The Labute approximate surface area is 125 Å². The normalized spacial score (nSPS) is 11.0. The van der Waals surface area contributed by atoms with Gasteiger partial charge in [0.25, 0.3) is 0 Å². The number of ether oxygens (including phenoxy) is 1. The van der Waals surface area contributed by atoms with Crippen LogP contribution < -0.4 is 5.32 Å². The number of hydrogen-bond acceptors (Lipinski definition) is 3. The lowest BCUT2D eigenvalue weighted by atomic mass is 10.0. The predicted octanol–water partition coefficient (Wildman–Crippen LogP) is 3.75. The lowest BCUT2D eigenvalue weighted by Gasteiger charge is -2.20. The molecule has 0 spiro atoms. The summed E-state index contributed by atoms with van der Waals surface area (Å²) < 4.78 is 5.24. The fraction of sp³-hybridized carbons (Fsp3) is 0.500. The molecule has 1 aromatic carbocycles. The standard InChI is InChI=1S/C16H23NO4/c1-11-8-9-12(6-5-7-14(18)19)13(10-11)17-15(20)21-16(2,3)4/h8-10H,5-7H2,1-4H3,(H,17,20)(H,18,19). The van der Waals surface area contributed by atoms with Gasteiger partial charge in [0.2, 0.25) is 0 Å². The van der Waals surface area contributed by atoms with Crippen LogP contribution in [0.4, 0.5) is 10.5 Å². The monoisotopic (exact) mass is 293 g/mol. The van der Waals surface area contributed by atoms with E-state index in [0.29, 0.717) is 18.5 Å². The highest BCUT2D eigenvalue weighted by Crippen LogP contribution is 2.21. The maximum absolute atomic E-state index is 11.8. The van der Waals surface area contributed by atoms with Gasteiger partial charge in [-0.25, -0.2) is 4.79 Å². The highest BCUT2D eigenvalue weighted by molar-refractivity contribution is 5.86. The third kappa shape index (κ3) is 6.79. The molecule has 0 atom stereocenters. The van der Waals surface area contributed by atoms with Gasteiger partial charge in [0, 0.05) is 12.1 Å². The van der Waals surface area contributed by atoms with Crippen molar-refractivity contribution in [3.8, 4) is 0 Å². The number of nitrogens with one attached hydrogen (secondary N) is 1. The zero-order valence-corrected chi connectivity index (χ0v) is 13.0. The number of rotatable bonds is 5. The van der Waals surface area contributed by atoms with Crippen LogP contribution in [0.3, 0.4) is 0 Å². The minimum atomic E-state index is -0.816. The Balaban J connectivity index is 2.77. The van der Waals surface area contributed by atoms with E-state index < -0.39 is 17.7 Å². The number of carbonyl (C=O) groups excluding carboxylic acids is 1. The van der Waals surface area contributed by atoms with Crippen molar-refractivity contribution in [1.29, 1.82) is 0 Å². The maximum atomic E-state index is 11.8. The van der Waals surface area contributed by atoms with Crippen LogP contribution in [-0.4, -0.2) is 22.8 Å². The molecule has 116 valence electrons. The average molecular weight is 293 g/mol. The first kappa shape index (κ1) is 17.0. The third-order valence-electron chi connectivity index (χ3n) is 2.74. The van der Waals surface area contributed by atoms with Crippen molar-refractivity contribution < 1.29 is 19.4 Å². The SMILES string of the molecule is Cc1ccc(CCCC(=O)O)c(NC(=O)OC(C)(C)C)c1. The molecular weight excluding hydrogens is 270 g/mol. The van der Waals surface area contributed by atoms with Crippen molar-refractivity contribution in [2.45, 2.75) is 52.6 Å². The summed E-state index contributed by atoms with van der Waals surface area (Å²) in [5.74, 6) is -0.816. The topological polar surface area (TPSA) is 75.6 Å². The first-order valence-electron chi connectivity index (χ1n) is 6.99. The van der Waals surface area contributed by atoms with Crippen molar-refractivity contribution in [2.24, 2.45) is 0 Å². The van der Waals surface area contributed by atoms with Gasteiger partial charge in [0.05, 0.1) is 0 Å². The van der Waals surface area contributed by atoms with Gasteiger partial charge in [-0.05, 0) is 57.7 Å². The molecule has 2 N–H and O–H groups in total. The number of benzene rings is 1. The molecule has 0 aromatic heterocycles. The second-order valence-corrected chi connectivity index (χ2v) is 6.03. The minimum Gasteiger partial charge on any atom is -0.481 e. The van der Waals surface area contributed by atoms with E-state index in [1.54, 1.807) is 20.8 Å². The van der Waals surface area contributed by atoms with Crippen molar-refractivity contribution >= 4 is 17.7 Å². The number of amides is 1. The highest BCUT2D eigenvalue weighted by atomic mass is 16.6. The number of anilines is 1. The van der Waals surface area contributed by atoms with Gasteiger partial charge in [-0.3, -0.25) is 10.1 Å². The van der Waals surface area contributed by atoms with Crippen LogP contribution in [0.5, 0.6) is 0 Å². The Morgan fingerprint density at radius 1 is 1.29 bits per heavy atom. The van der Waals surface area contributed by atoms with Gasteiger partial charge in [-0.15, -0.1) is 0 Å². The van der Waals surface area contributed by atoms with Crippen molar-refractivity contribution in [3.05, 3.63) is 29.3 Å². The van der Waals surface area contributed by atoms with E-state index in [9.17, 15) is 9.59 Å². The van der Waals surface area contributed by atoms with E-state index in [1.807, 2.05) is 25.1 Å². The molecule has 0 saturated heterocycles. The van der Waals surface area contributed by atoms with E-state index >= 15 is 0 Å². The molecule has 0 unspecified atom stereocenters. The van der Waals surface area contributed by atoms with Crippen LogP contribution in [0.2, 0.25) is 0 Å². The summed E-state index contributed by atoms with van der Waals surface area (Å²) in [5, 5.41) is 11.4. The van der Waals surface area contributed by atoms with Gasteiger partial charge in [0.1, 0.15) is 5.60 Å². The van der Waals surface area contributed by atoms with Crippen LogP contribution in [-0.2, 0) is 16.0 Å². The molecule has 1 amide bonds. The Hall–Kier alpha value is -2.04. The Morgan fingerprint density at radius 3 is 2.52 bits per heavy atom. The molecule has 1 rings (SSSR count). The van der Waals surface area contributed by atoms with Crippen LogP contribution in [0, 0.1) is 6.92 Å². The van der Waals surface area contributed by atoms with Crippen LogP contribution in [0.25, 0.3) is 0 Å². The van der Waals surface area contributed by atoms with E-state index in [2.05, 4.69) is 5.32 Å². The molecule has 5 nitrogen and oxygen atoms in total. The minimum absolute atomic E-state index is 0.111. The van der Waals surface area contributed by atoms with E-state index in [4.69, 9.17) is 9.84 Å². The maximum Gasteiger partial charge on any atom is 0.412 e. The molecule has 0 bridgehead atoms. The molecule has 0 heterocycles. The summed E-state index contributed by atoms with van der Waals surface area (Å²) in [4.78, 5) is 22.4. The lowest BCUT2D eigenvalue weighted by molar-refractivity contribution is -0.137. The third-order valence-corrected chi connectivity index (χ3v) is 2.74.